The fourth-order valence-corrected chi connectivity index (χ4v) is 1.64. The van der Waals surface area contributed by atoms with Crippen LogP contribution in [0.3, 0.4) is 0 Å². The highest BCUT2D eigenvalue weighted by atomic mass is 16.2. The van der Waals surface area contributed by atoms with Crippen LogP contribution < -0.4 is 0 Å². The lowest BCUT2D eigenvalue weighted by Gasteiger charge is -2.05. The highest BCUT2D eigenvalue weighted by Crippen LogP contribution is 2.22. The highest BCUT2D eigenvalue weighted by Gasteiger charge is 2.33. The van der Waals surface area contributed by atoms with Crippen molar-refractivity contribution in [3.05, 3.63) is 47.7 Å². The Morgan fingerprint density at radius 1 is 1.06 bits per heavy atom. The number of rotatable bonds is 2. The molecule has 4 nitrogen and oxygen atoms in total. The summed E-state index contributed by atoms with van der Waals surface area (Å²) in [6.07, 6.45) is 4.93. The van der Waals surface area contributed by atoms with Gasteiger partial charge in [-0.15, -0.1) is 0 Å². The number of fused-ring (bicyclic) bond motifs is 1. The fraction of sp³-hybridized carbons (Fsp3) is 0.154. The van der Waals surface area contributed by atoms with E-state index in [2.05, 4.69) is 0 Å². The molecule has 0 aromatic heterocycles. The minimum atomic E-state index is -0.269. The Morgan fingerprint density at radius 2 is 1.59 bits per heavy atom. The molecule has 4 heteroatoms. The summed E-state index contributed by atoms with van der Waals surface area (Å²) in [6, 6.07) is 6.84. The molecule has 0 fully saturated rings. The first-order valence-electron chi connectivity index (χ1n) is 5.26. The predicted molar refractivity (Wildman–Crippen MR) is 64.3 cm³/mol. The lowest BCUT2D eigenvalue weighted by atomic mass is 10.1. The zero-order valence-corrected chi connectivity index (χ0v) is 9.75. The Kier molecular flexibility index (Phi) is 2.87. The van der Waals surface area contributed by atoms with Crippen molar-refractivity contribution in [2.75, 3.05) is 14.1 Å². The quantitative estimate of drug-likeness (QED) is 0.433. The van der Waals surface area contributed by atoms with Crippen LogP contribution in [0, 0.1) is 0 Å². The fourth-order valence-electron chi connectivity index (χ4n) is 1.64. The molecule has 1 aliphatic heterocycles. The Labute approximate surface area is 99.5 Å². The van der Waals surface area contributed by atoms with E-state index < -0.39 is 0 Å². The van der Waals surface area contributed by atoms with Gasteiger partial charge in [-0.05, 0) is 12.1 Å². The second-order valence-electron chi connectivity index (χ2n) is 3.98. The molecule has 0 saturated heterocycles. The number of benzene rings is 1. The van der Waals surface area contributed by atoms with Crippen molar-refractivity contribution in [3.8, 4) is 0 Å². The third-order valence-electron chi connectivity index (χ3n) is 2.44. The lowest BCUT2D eigenvalue weighted by Crippen LogP contribution is -2.23. The number of nitrogens with zero attached hydrogens (tertiary/aromatic N) is 2. The van der Waals surface area contributed by atoms with Gasteiger partial charge in [-0.1, -0.05) is 12.1 Å². The molecule has 0 saturated carbocycles. The average Bonchev–Trinajstić information content (AvgIpc) is 2.54. The molecule has 86 valence electrons. The molecule has 1 aromatic carbocycles. The van der Waals surface area contributed by atoms with E-state index in [1.165, 1.54) is 6.20 Å². The summed E-state index contributed by atoms with van der Waals surface area (Å²) in [5.74, 6) is -0.539. The van der Waals surface area contributed by atoms with Crippen LogP contribution in [0.1, 0.15) is 20.7 Å². The number of amides is 2. The normalized spacial score (nSPS) is 14.4. The molecule has 0 unspecified atom stereocenters. The van der Waals surface area contributed by atoms with Crippen molar-refractivity contribution < 1.29 is 14.2 Å². The minimum Gasteiger partial charge on any atom is -0.268 e. The van der Waals surface area contributed by atoms with Crippen molar-refractivity contribution in [2.45, 2.75) is 0 Å². The topological polar surface area (TPSA) is 40.4 Å². The SMILES string of the molecule is C[N+](C)=C/C=C/N1C(=O)c2ccccc2C1=O. The van der Waals surface area contributed by atoms with E-state index in [9.17, 15) is 9.59 Å². The Hall–Kier alpha value is -2.23. The van der Waals surface area contributed by atoms with E-state index in [0.29, 0.717) is 11.1 Å². The summed E-state index contributed by atoms with van der Waals surface area (Å²) < 4.78 is 1.83. The number of carbonyl (C=O) groups is 2. The van der Waals surface area contributed by atoms with Crippen LogP contribution in [0.5, 0.6) is 0 Å². The molecule has 0 aliphatic carbocycles. The van der Waals surface area contributed by atoms with Crippen LogP contribution in [0.15, 0.2) is 36.5 Å². The number of carbonyl (C=O) groups excluding carboxylic acids is 2. The van der Waals surface area contributed by atoms with Crippen LogP contribution >= 0.6 is 0 Å². The standard InChI is InChI=1S/C13H13N2O2/c1-14(2)8-5-9-15-12(16)10-6-3-4-7-11(10)13(15)17/h3-9H,1-2H3/q+1. The summed E-state index contributed by atoms with van der Waals surface area (Å²) in [7, 11) is 3.74. The molecular weight excluding hydrogens is 216 g/mol. The van der Waals surface area contributed by atoms with Gasteiger partial charge in [0.05, 0.1) is 11.1 Å². The zero-order valence-electron chi connectivity index (χ0n) is 9.75. The summed E-state index contributed by atoms with van der Waals surface area (Å²) in [5.41, 5.74) is 0.930. The summed E-state index contributed by atoms with van der Waals surface area (Å²) in [4.78, 5) is 24.9. The van der Waals surface area contributed by atoms with E-state index >= 15 is 0 Å². The first-order valence-corrected chi connectivity index (χ1v) is 5.26. The van der Waals surface area contributed by atoms with E-state index in [-0.39, 0.29) is 11.8 Å². The van der Waals surface area contributed by atoms with Crippen LogP contribution in [-0.2, 0) is 0 Å². The van der Waals surface area contributed by atoms with Gasteiger partial charge < -0.3 is 0 Å². The number of hydrogen-bond acceptors (Lipinski definition) is 2. The second-order valence-corrected chi connectivity index (χ2v) is 3.98. The van der Waals surface area contributed by atoms with E-state index in [4.69, 9.17) is 0 Å². The first-order chi connectivity index (χ1) is 8.11. The maximum absolute atomic E-state index is 11.9. The smallest absolute Gasteiger partial charge is 0.265 e. The van der Waals surface area contributed by atoms with Crippen LogP contribution in [-0.4, -0.2) is 41.6 Å². The Balaban J connectivity index is 2.31. The zero-order chi connectivity index (χ0) is 12.4. The highest BCUT2D eigenvalue weighted by molar-refractivity contribution is 6.22. The molecule has 0 radical (unpaired) electrons. The van der Waals surface area contributed by atoms with Gasteiger partial charge in [0.2, 0.25) is 0 Å². The molecule has 17 heavy (non-hydrogen) atoms. The molecule has 1 aliphatic rings. The van der Waals surface area contributed by atoms with Gasteiger partial charge in [-0.25, -0.2) is 9.48 Å². The predicted octanol–water partition coefficient (Wildman–Crippen LogP) is 1.14. The third kappa shape index (κ3) is 2.01. The number of allylic oxidation sites excluding steroid dienone is 1. The van der Waals surface area contributed by atoms with Gasteiger partial charge in [0.25, 0.3) is 11.8 Å². The van der Waals surface area contributed by atoms with Gasteiger partial charge in [-0.2, -0.15) is 0 Å². The summed E-state index contributed by atoms with van der Waals surface area (Å²) >= 11 is 0. The third-order valence-corrected chi connectivity index (χ3v) is 2.44. The van der Waals surface area contributed by atoms with Gasteiger partial charge in [0.15, 0.2) is 6.21 Å². The van der Waals surface area contributed by atoms with Crippen LogP contribution in [0.4, 0.5) is 0 Å². The van der Waals surface area contributed by atoms with E-state index in [0.717, 1.165) is 4.90 Å². The van der Waals surface area contributed by atoms with Gasteiger partial charge in [0.1, 0.15) is 14.1 Å². The van der Waals surface area contributed by atoms with Gasteiger partial charge in [-0.3, -0.25) is 9.59 Å². The number of imide groups is 1. The maximum atomic E-state index is 11.9. The van der Waals surface area contributed by atoms with Crippen molar-refractivity contribution >= 4 is 18.0 Å². The maximum Gasteiger partial charge on any atom is 0.265 e. The molecule has 0 N–H and O–H groups in total. The summed E-state index contributed by atoms with van der Waals surface area (Å²) in [6.45, 7) is 0. The van der Waals surface area contributed by atoms with Crippen molar-refractivity contribution in [2.24, 2.45) is 0 Å². The van der Waals surface area contributed by atoms with Crippen LogP contribution in [0.2, 0.25) is 0 Å². The lowest BCUT2D eigenvalue weighted by molar-refractivity contribution is -0.458. The van der Waals surface area contributed by atoms with Crippen molar-refractivity contribution in [1.82, 2.24) is 4.90 Å². The van der Waals surface area contributed by atoms with Gasteiger partial charge in [0, 0.05) is 12.3 Å². The van der Waals surface area contributed by atoms with Gasteiger partial charge >= 0.3 is 0 Å². The van der Waals surface area contributed by atoms with E-state index in [1.54, 1.807) is 36.6 Å². The molecule has 1 aromatic rings. The summed E-state index contributed by atoms with van der Waals surface area (Å²) in [5, 5.41) is 0. The van der Waals surface area contributed by atoms with Crippen LogP contribution in [0.25, 0.3) is 0 Å². The Morgan fingerprint density at radius 3 is 2.06 bits per heavy atom. The molecule has 0 spiro atoms. The van der Waals surface area contributed by atoms with Crippen molar-refractivity contribution in [3.63, 3.8) is 0 Å². The number of hydrogen-bond donors (Lipinski definition) is 0. The first kappa shape index (κ1) is 11.3. The van der Waals surface area contributed by atoms with Crippen molar-refractivity contribution in [1.29, 1.82) is 0 Å². The average molecular weight is 229 g/mol. The second kappa shape index (κ2) is 4.33. The monoisotopic (exact) mass is 229 g/mol. The molecular formula is C13H13N2O2+. The van der Waals surface area contributed by atoms with E-state index in [1.807, 2.05) is 18.7 Å². The molecule has 1 heterocycles. The molecule has 2 amide bonds. The molecule has 0 atom stereocenters. The largest absolute Gasteiger partial charge is 0.268 e. The molecule has 2 rings (SSSR count). The Bertz CT molecular complexity index is 505. The molecule has 0 bridgehead atoms. The minimum absolute atomic E-state index is 0.269.